The number of hydrogen-bond acceptors (Lipinski definition) is 2. The van der Waals surface area contributed by atoms with Crippen molar-refractivity contribution in [1.29, 1.82) is 0 Å². The van der Waals surface area contributed by atoms with Crippen LogP contribution >= 0.6 is 11.3 Å². The van der Waals surface area contributed by atoms with Crippen LogP contribution in [0.15, 0.2) is 83.9 Å². The molecule has 5 heteroatoms. The molecule has 3 nitrogen and oxygen atoms in total. The summed E-state index contributed by atoms with van der Waals surface area (Å²) in [6, 6.07) is 24.1. The molecule has 29 heavy (non-hydrogen) atoms. The van der Waals surface area contributed by atoms with E-state index in [-0.39, 0.29) is 5.56 Å². The third-order valence-electron chi connectivity index (χ3n) is 4.69. The first kappa shape index (κ1) is 19.0. The maximum atomic E-state index is 14.0. The number of thiazole rings is 1. The van der Waals surface area contributed by atoms with Crippen molar-refractivity contribution in [2.45, 2.75) is 6.92 Å². The Morgan fingerprint density at radius 2 is 1.55 bits per heavy atom. The van der Waals surface area contributed by atoms with Gasteiger partial charge in [0.1, 0.15) is 5.82 Å². The molecule has 0 aliphatic rings. The monoisotopic (exact) mass is 402 g/mol. The first-order valence-corrected chi connectivity index (χ1v) is 10.0. The Morgan fingerprint density at radius 1 is 0.897 bits per heavy atom. The molecule has 0 unspecified atom stereocenters. The standard InChI is InChI=1S/C24H19FN2OS/c1-16-12-14-17(15-13-16)21-22(18-8-4-3-5-9-18)29-24(27(21)2)26-23(28)19-10-6-7-11-20(19)25/h3-15H,1-2H3. The molecule has 0 bridgehead atoms. The minimum atomic E-state index is -0.588. The number of carbonyl (C=O) groups is 1. The molecule has 4 rings (SSSR count). The van der Waals surface area contributed by atoms with E-state index in [1.807, 2.05) is 48.9 Å². The molecule has 0 saturated heterocycles. The van der Waals surface area contributed by atoms with Crippen LogP contribution in [0.5, 0.6) is 0 Å². The second-order valence-corrected chi connectivity index (χ2v) is 7.73. The molecule has 3 aromatic carbocycles. The second kappa shape index (κ2) is 7.97. The van der Waals surface area contributed by atoms with Crippen LogP contribution in [0.3, 0.4) is 0 Å². The van der Waals surface area contributed by atoms with Crippen LogP contribution in [-0.4, -0.2) is 10.5 Å². The molecule has 0 N–H and O–H groups in total. The van der Waals surface area contributed by atoms with Crippen molar-refractivity contribution in [3.8, 4) is 21.7 Å². The van der Waals surface area contributed by atoms with Gasteiger partial charge in [-0.3, -0.25) is 4.79 Å². The minimum absolute atomic E-state index is 0.0287. The third kappa shape index (κ3) is 3.82. The van der Waals surface area contributed by atoms with Gasteiger partial charge >= 0.3 is 0 Å². The number of aromatic nitrogens is 1. The number of hydrogen-bond donors (Lipinski definition) is 0. The van der Waals surface area contributed by atoms with E-state index in [0.717, 1.165) is 21.7 Å². The number of nitrogens with zero attached hydrogens (tertiary/aromatic N) is 2. The highest BCUT2D eigenvalue weighted by atomic mass is 32.1. The molecular formula is C24H19FN2OS. The van der Waals surface area contributed by atoms with E-state index in [1.54, 1.807) is 12.1 Å². The van der Waals surface area contributed by atoms with Crippen molar-refractivity contribution >= 4 is 17.2 Å². The van der Waals surface area contributed by atoms with E-state index in [1.165, 1.54) is 29.0 Å². The molecule has 0 saturated carbocycles. The van der Waals surface area contributed by atoms with Crippen LogP contribution in [-0.2, 0) is 7.05 Å². The quantitative estimate of drug-likeness (QED) is 0.439. The predicted octanol–water partition coefficient (Wildman–Crippen LogP) is 5.61. The molecular weight excluding hydrogens is 383 g/mol. The summed E-state index contributed by atoms with van der Waals surface area (Å²) in [5.74, 6) is -1.16. The van der Waals surface area contributed by atoms with Gasteiger partial charge < -0.3 is 4.57 Å². The Hall–Kier alpha value is -3.31. The first-order valence-electron chi connectivity index (χ1n) is 9.20. The van der Waals surface area contributed by atoms with Crippen LogP contribution in [0.4, 0.5) is 4.39 Å². The lowest BCUT2D eigenvalue weighted by Crippen LogP contribution is -2.15. The zero-order valence-electron chi connectivity index (χ0n) is 16.1. The van der Waals surface area contributed by atoms with Crippen molar-refractivity contribution < 1.29 is 9.18 Å². The minimum Gasteiger partial charge on any atom is -0.319 e. The van der Waals surface area contributed by atoms with Gasteiger partial charge in [0.05, 0.1) is 16.1 Å². The van der Waals surface area contributed by atoms with Crippen molar-refractivity contribution in [1.82, 2.24) is 4.57 Å². The number of benzene rings is 3. The second-order valence-electron chi connectivity index (χ2n) is 6.75. The summed E-state index contributed by atoms with van der Waals surface area (Å²) in [7, 11) is 1.88. The topological polar surface area (TPSA) is 34.4 Å². The fourth-order valence-electron chi connectivity index (χ4n) is 3.16. The van der Waals surface area contributed by atoms with Crippen LogP contribution in [0.2, 0.25) is 0 Å². The number of aryl methyl sites for hydroxylation is 1. The van der Waals surface area contributed by atoms with Crippen LogP contribution in [0, 0.1) is 12.7 Å². The SMILES string of the molecule is Cc1ccc(-c2c(-c3ccccc3)sc(=NC(=O)c3ccccc3F)n2C)cc1. The molecule has 0 spiro atoms. The Bertz CT molecular complexity index is 1240. The van der Waals surface area contributed by atoms with Gasteiger partial charge in [0.25, 0.3) is 5.91 Å². The Morgan fingerprint density at radius 3 is 2.24 bits per heavy atom. The Balaban J connectivity index is 1.92. The largest absolute Gasteiger partial charge is 0.319 e. The normalized spacial score (nSPS) is 11.6. The average Bonchev–Trinajstić information content (AvgIpc) is 3.06. The van der Waals surface area contributed by atoms with E-state index < -0.39 is 11.7 Å². The average molecular weight is 402 g/mol. The van der Waals surface area contributed by atoms with Gasteiger partial charge in [-0.25, -0.2) is 4.39 Å². The summed E-state index contributed by atoms with van der Waals surface area (Å²) in [6.07, 6.45) is 0. The molecule has 144 valence electrons. The summed E-state index contributed by atoms with van der Waals surface area (Å²) >= 11 is 1.42. The third-order valence-corrected chi connectivity index (χ3v) is 5.87. The van der Waals surface area contributed by atoms with E-state index in [0.29, 0.717) is 4.80 Å². The fraction of sp³-hybridized carbons (Fsp3) is 0.0833. The predicted molar refractivity (Wildman–Crippen MR) is 115 cm³/mol. The van der Waals surface area contributed by atoms with Gasteiger partial charge in [-0.05, 0) is 30.2 Å². The van der Waals surface area contributed by atoms with Gasteiger partial charge in [0, 0.05) is 7.05 Å². The van der Waals surface area contributed by atoms with Crippen molar-refractivity contribution in [2.24, 2.45) is 12.0 Å². The van der Waals surface area contributed by atoms with E-state index in [4.69, 9.17) is 0 Å². The molecule has 0 aliphatic carbocycles. The number of rotatable bonds is 3. The lowest BCUT2D eigenvalue weighted by Gasteiger charge is -2.08. The van der Waals surface area contributed by atoms with Gasteiger partial charge in [0.15, 0.2) is 4.80 Å². The first-order chi connectivity index (χ1) is 14.0. The van der Waals surface area contributed by atoms with E-state index >= 15 is 0 Å². The molecule has 4 aromatic rings. The summed E-state index contributed by atoms with van der Waals surface area (Å²) < 4.78 is 15.9. The van der Waals surface area contributed by atoms with Gasteiger partial charge in [0.2, 0.25) is 0 Å². The maximum absolute atomic E-state index is 14.0. The summed E-state index contributed by atoms with van der Waals surface area (Å²) in [5.41, 5.74) is 4.20. The van der Waals surface area contributed by atoms with Crippen LogP contribution < -0.4 is 4.80 Å². The Kier molecular flexibility index (Phi) is 5.23. The number of carbonyl (C=O) groups excluding carboxylic acids is 1. The molecule has 0 fully saturated rings. The van der Waals surface area contributed by atoms with Gasteiger partial charge in [-0.1, -0.05) is 83.6 Å². The van der Waals surface area contributed by atoms with Gasteiger partial charge in [-0.15, -0.1) is 0 Å². The summed E-state index contributed by atoms with van der Waals surface area (Å²) in [6.45, 7) is 2.04. The van der Waals surface area contributed by atoms with Crippen molar-refractivity contribution in [3.05, 3.63) is 101 Å². The zero-order valence-corrected chi connectivity index (χ0v) is 16.9. The Labute approximate surface area is 172 Å². The molecule has 0 atom stereocenters. The molecule has 1 amide bonds. The van der Waals surface area contributed by atoms with Crippen molar-refractivity contribution in [3.63, 3.8) is 0 Å². The molecule has 0 aliphatic heterocycles. The lowest BCUT2D eigenvalue weighted by atomic mass is 10.1. The van der Waals surface area contributed by atoms with Crippen molar-refractivity contribution in [2.75, 3.05) is 0 Å². The smallest absolute Gasteiger partial charge is 0.282 e. The summed E-state index contributed by atoms with van der Waals surface area (Å²) in [4.78, 5) is 18.4. The number of amides is 1. The van der Waals surface area contributed by atoms with Gasteiger partial charge in [-0.2, -0.15) is 4.99 Å². The number of halogens is 1. The lowest BCUT2D eigenvalue weighted by molar-refractivity contribution is 0.0994. The summed E-state index contributed by atoms with van der Waals surface area (Å²) in [5, 5.41) is 0. The highest BCUT2D eigenvalue weighted by molar-refractivity contribution is 7.13. The maximum Gasteiger partial charge on any atom is 0.282 e. The van der Waals surface area contributed by atoms with Crippen LogP contribution in [0.25, 0.3) is 21.7 Å². The zero-order chi connectivity index (χ0) is 20.4. The van der Waals surface area contributed by atoms with E-state index in [9.17, 15) is 9.18 Å². The molecule has 1 heterocycles. The highest BCUT2D eigenvalue weighted by Crippen LogP contribution is 2.34. The van der Waals surface area contributed by atoms with Crippen LogP contribution in [0.1, 0.15) is 15.9 Å². The molecule has 0 radical (unpaired) electrons. The van der Waals surface area contributed by atoms with E-state index in [2.05, 4.69) is 29.3 Å². The fourth-order valence-corrected chi connectivity index (χ4v) is 4.30. The highest BCUT2D eigenvalue weighted by Gasteiger charge is 2.17. The molecule has 1 aromatic heterocycles.